The predicted molar refractivity (Wildman–Crippen MR) is 78.9 cm³/mol. The van der Waals surface area contributed by atoms with Crippen LogP contribution in [0.1, 0.15) is 5.56 Å². The van der Waals surface area contributed by atoms with Gasteiger partial charge in [-0.05, 0) is 11.5 Å². The minimum atomic E-state index is 0.533. The van der Waals surface area contributed by atoms with Crippen LogP contribution in [0.15, 0.2) is 78.2 Å². The van der Waals surface area contributed by atoms with Crippen molar-refractivity contribution in [3.63, 3.8) is 0 Å². The van der Waals surface area contributed by atoms with E-state index in [4.69, 9.17) is 0 Å². The molecule has 0 amide bonds. The first-order valence-electron chi connectivity index (χ1n) is 6.51. The van der Waals surface area contributed by atoms with E-state index in [1.807, 2.05) is 53.2 Å². The van der Waals surface area contributed by atoms with Crippen molar-refractivity contribution < 1.29 is 9.77 Å². The molecule has 0 aliphatic rings. The largest absolute Gasteiger partial charge is 0.410 e. The van der Waals surface area contributed by atoms with Gasteiger partial charge in [-0.15, -0.1) is 0 Å². The molecule has 1 N–H and O–H groups in total. The van der Waals surface area contributed by atoms with Gasteiger partial charge >= 0.3 is 0 Å². The van der Waals surface area contributed by atoms with Crippen LogP contribution >= 0.6 is 0 Å². The Kier molecular flexibility index (Phi) is 3.42. The van der Waals surface area contributed by atoms with Gasteiger partial charge in [0.2, 0.25) is 0 Å². The number of hydrogen-bond donors (Lipinski definition) is 1. The Morgan fingerprint density at radius 3 is 2.35 bits per heavy atom. The third-order valence-electron chi connectivity index (χ3n) is 3.31. The Morgan fingerprint density at radius 2 is 1.60 bits per heavy atom. The molecule has 1 aromatic heterocycles. The highest BCUT2D eigenvalue weighted by molar-refractivity contribution is 5.99. The highest BCUT2D eigenvalue weighted by Gasteiger charge is 2.11. The number of rotatable bonds is 3. The van der Waals surface area contributed by atoms with Gasteiger partial charge in [0.05, 0.1) is 0 Å². The second-order valence-electron chi connectivity index (χ2n) is 4.66. The highest BCUT2D eigenvalue weighted by Crippen LogP contribution is 2.10. The molecule has 3 heteroatoms. The Morgan fingerprint density at radius 1 is 0.900 bits per heavy atom. The molecule has 0 aliphatic heterocycles. The molecular formula is C17H15N2O+. The molecule has 20 heavy (non-hydrogen) atoms. The summed E-state index contributed by atoms with van der Waals surface area (Å²) >= 11 is 0. The Labute approximate surface area is 117 Å². The smallest absolute Gasteiger partial charge is 0.194 e. The maximum atomic E-state index is 9.23. The summed E-state index contributed by atoms with van der Waals surface area (Å²) in [5.41, 5.74) is 1.57. The average Bonchev–Trinajstić information content (AvgIpc) is 2.53. The van der Waals surface area contributed by atoms with E-state index in [1.54, 1.807) is 0 Å². The van der Waals surface area contributed by atoms with E-state index in [1.165, 1.54) is 10.8 Å². The second-order valence-corrected chi connectivity index (χ2v) is 4.66. The third kappa shape index (κ3) is 2.52. The summed E-state index contributed by atoms with van der Waals surface area (Å²) in [5, 5.41) is 15.0. The van der Waals surface area contributed by atoms with E-state index < -0.39 is 0 Å². The summed E-state index contributed by atoms with van der Waals surface area (Å²) in [6.45, 7) is 0.533. The van der Waals surface area contributed by atoms with Gasteiger partial charge < -0.3 is 5.21 Å². The Balaban J connectivity index is 1.92. The minimum Gasteiger partial charge on any atom is -0.410 e. The number of oxime groups is 1. The van der Waals surface area contributed by atoms with Crippen LogP contribution in [0.4, 0.5) is 0 Å². The van der Waals surface area contributed by atoms with Crippen molar-refractivity contribution in [3.05, 3.63) is 78.6 Å². The molecule has 0 saturated carbocycles. The lowest BCUT2D eigenvalue weighted by atomic mass is 10.1. The molecule has 2 aromatic carbocycles. The van der Waals surface area contributed by atoms with Crippen molar-refractivity contribution in [1.82, 2.24) is 0 Å². The molecule has 0 fully saturated rings. The summed E-state index contributed by atoms with van der Waals surface area (Å²) < 4.78 is 2.02. The fourth-order valence-electron chi connectivity index (χ4n) is 2.26. The van der Waals surface area contributed by atoms with Crippen molar-refractivity contribution in [2.24, 2.45) is 5.16 Å². The maximum Gasteiger partial charge on any atom is 0.194 e. The topological polar surface area (TPSA) is 36.5 Å². The van der Waals surface area contributed by atoms with E-state index in [0.717, 1.165) is 5.56 Å². The van der Waals surface area contributed by atoms with E-state index in [0.29, 0.717) is 12.3 Å². The molecule has 0 saturated heterocycles. The quantitative estimate of drug-likeness (QED) is 0.335. The first-order chi connectivity index (χ1) is 9.86. The summed E-state index contributed by atoms with van der Waals surface area (Å²) in [7, 11) is 0. The second kappa shape index (κ2) is 5.53. The number of pyridine rings is 1. The summed E-state index contributed by atoms with van der Waals surface area (Å²) in [6.07, 6.45) is 4.06. The van der Waals surface area contributed by atoms with Gasteiger partial charge in [-0.1, -0.05) is 53.7 Å². The van der Waals surface area contributed by atoms with E-state index in [9.17, 15) is 5.21 Å². The summed E-state index contributed by atoms with van der Waals surface area (Å²) in [6, 6.07) is 20.0. The van der Waals surface area contributed by atoms with Gasteiger partial charge in [-0.2, -0.15) is 4.57 Å². The zero-order chi connectivity index (χ0) is 13.8. The molecule has 0 bridgehead atoms. The van der Waals surface area contributed by atoms with Gasteiger partial charge in [0.25, 0.3) is 0 Å². The molecule has 0 atom stereocenters. The van der Waals surface area contributed by atoms with Crippen LogP contribution in [0, 0.1) is 0 Å². The molecule has 0 radical (unpaired) electrons. The number of aromatic nitrogens is 1. The van der Waals surface area contributed by atoms with Gasteiger partial charge in [-0.25, -0.2) is 0 Å². The van der Waals surface area contributed by atoms with Crippen molar-refractivity contribution in [1.29, 1.82) is 0 Å². The molecule has 0 unspecified atom stereocenters. The van der Waals surface area contributed by atoms with Crippen molar-refractivity contribution in [2.45, 2.75) is 6.54 Å². The fraction of sp³-hybridized carbons (Fsp3) is 0.0588. The monoisotopic (exact) mass is 263 g/mol. The minimum absolute atomic E-state index is 0.533. The average molecular weight is 263 g/mol. The van der Waals surface area contributed by atoms with Crippen LogP contribution in [0.3, 0.4) is 0 Å². The molecule has 3 rings (SSSR count). The maximum absolute atomic E-state index is 9.23. The normalized spacial score (nSPS) is 11.7. The molecular weight excluding hydrogens is 248 g/mol. The number of fused-ring (bicyclic) bond motifs is 1. The number of benzene rings is 2. The molecule has 3 aromatic rings. The van der Waals surface area contributed by atoms with Crippen LogP contribution < -0.4 is 4.57 Å². The van der Waals surface area contributed by atoms with Crippen LogP contribution in [0.5, 0.6) is 0 Å². The highest BCUT2D eigenvalue weighted by atomic mass is 16.4. The van der Waals surface area contributed by atoms with Crippen molar-refractivity contribution >= 4 is 16.5 Å². The van der Waals surface area contributed by atoms with Crippen LogP contribution in [-0.2, 0) is 6.54 Å². The van der Waals surface area contributed by atoms with Crippen LogP contribution in [0.25, 0.3) is 10.8 Å². The molecule has 0 spiro atoms. The molecule has 0 aliphatic carbocycles. The first kappa shape index (κ1) is 12.4. The lowest BCUT2D eigenvalue weighted by Gasteiger charge is -2.02. The fourth-order valence-corrected chi connectivity index (χ4v) is 2.26. The van der Waals surface area contributed by atoms with E-state index >= 15 is 0 Å². The molecule has 1 heterocycles. The van der Waals surface area contributed by atoms with Gasteiger partial charge in [-0.3, -0.25) is 0 Å². The first-order valence-corrected chi connectivity index (χ1v) is 6.51. The SMILES string of the molecule is O/N=C(/C[n+]1ccc2ccccc2c1)c1ccccc1. The van der Waals surface area contributed by atoms with E-state index in [2.05, 4.69) is 29.6 Å². The van der Waals surface area contributed by atoms with Gasteiger partial charge in [0.1, 0.15) is 0 Å². The summed E-state index contributed by atoms with van der Waals surface area (Å²) in [4.78, 5) is 0. The lowest BCUT2D eigenvalue weighted by molar-refractivity contribution is -0.680. The Bertz CT molecular complexity index is 751. The van der Waals surface area contributed by atoms with E-state index in [-0.39, 0.29) is 0 Å². The standard InChI is InChI=1S/C17H14N2O/c20-18-17(15-7-2-1-3-8-15)13-19-11-10-14-6-4-5-9-16(14)12-19/h1-12H,13H2/p+1/b18-17-. The zero-order valence-electron chi connectivity index (χ0n) is 11.0. The number of nitrogens with zero attached hydrogens (tertiary/aromatic N) is 2. The number of hydrogen-bond acceptors (Lipinski definition) is 2. The summed E-state index contributed by atoms with van der Waals surface area (Å²) in [5.74, 6) is 0. The van der Waals surface area contributed by atoms with Crippen LogP contribution in [-0.4, -0.2) is 10.9 Å². The molecule has 98 valence electrons. The third-order valence-corrected chi connectivity index (χ3v) is 3.31. The zero-order valence-corrected chi connectivity index (χ0v) is 11.0. The van der Waals surface area contributed by atoms with Crippen molar-refractivity contribution in [2.75, 3.05) is 0 Å². The molecule has 3 nitrogen and oxygen atoms in total. The van der Waals surface area contributed by atoms with Gasteiger partial charge in [0.15, 0.2) is 24.7 Å². The lowest BCUT2D eigenvalue weighted by Crippen LogP contribution is -2.37. The van der Waals surface area contributed by atoms with Crippen LogP contribution in [0.2, 0.25) is 0 Å². The van der Waals surface area contributed by atoms with Gasteiger partial charge in [0, 0.05) is 17.0 Å². The Hall–Kier alpha value is -2.68. The predicted octanol–water partition coefficient (Wildman–Crippen LogP) is 3.01. The van der Waals surface area contributed by atoms with Crippen molar-refractivity contribution in [3.8, 4) is 0 Å².